The van der Waals surface area contributed by atoms with Gasteiger partial charge in [0.25, 0.3) is 0 Å². The molecule has 0 aliphatic carbocycles. The van der Waals surface area contributed by atoms with Gasteiger partial charge in [-0.15, -0.1) is 0 Å². The van der Waals surface area contributed by atoms with Gasteiger partial charge in [0.1, 0.15) is 0 Å². The van der Waals surface area contributed by atoms with Crippen LogP contribution in [0.3, 0.4) is 0 Å². The second-order valence-corrected chi connectivity index (χ2v) is 6.93. The molecule has 0 aliphatic rings. The van der Waals surface area contributed by atoms with E-state index < -0.39 is 11.7 Å². The molecule has 2 aromatic rings. The third kappa shape index (κ3) is 4.47. The molecule has 0 aromatic heterocycles. The van der Waals surface area contributed by atoms with Crippen LogP contribution in [0.2, 0.25) is 5.02 Å². The number of alkyl halides is 4. The van der Waals surface area contributed by atoms with E-state index in [4.69, 9.17) is 11.6 Å². The lowest BCUT2D eigenvalue weighted by molar-refractivity contribution is -0.137. The van der Waals surface area contributed by atoms with Crippen LogP contribution < -0.4 is 0 Å². The average molecular weight is 443 g/mol. The molecule has 21 heavy (non-hydrogen) atoms. The van der Waals surface area contributed by atoms with Crippen LogP contribution in [0, 0.1) is 0 Å². The minimum atomic E-state index is -4.30. The summed E-state index contributed by atoms with van der Waals surface area (Å²) >= 11 is 12.9. The van der Waals surface area contributed by atoms with Crippen molar-refractivity contribution in [3.8, 4) is 0 Å². The third-order valence-electron chi connectivity index (χ3n) is 3.00. The molecular formula is C15H10Br2ClF3. The zero-order valence-electron chi connectivity index (χ0n) is 10.6. The molecule has 112 valence electrons. The van der Waals surface area contributed by atoms with Crippen LogP contribution in [0.25, 0.3) is 0 Å². The van der Waals surface area contributed by atoms with E-state index in [1.807, 2.05) is 6.07 Å². The van der Waals surface area contributed by atoms with Crippen molar-refractivity contribution in [1.82, 2.24) is 0 Å². The number of hydrogen-bond acceptors (Lipinski definition) is 0. The third-order valence-corrected chi connectivity index (χ3v) is 4.73. The Bertz CT molecular complexity index is 624. The smallest absolute Gasteiger partial charge is 0.166 e. The highest BCUT2D eigenvalue weighted by molar-refractivity contribution is 9.11. The van der Waals surface area contributed by atoms with Gasteiger partial charge in [-0.05, 0) is 41.8 Å². The van der Waals surface area contributed by atoms with E-state index >= 15 is 0 Å². The van der Waals surface area contributed by atoms with E-state index in [1.54, 1.807) is 12.1 Å². The molecule has 0 radical (unpaired) electrons. The minimum absolute atomic E-state index is 0.0131. The van der Waals surface area contributed by atoms with Crippen molar-refractivity contribution in [3.63, 3.8) is 0 Å². The molecule has 0 N–H and O–H groups in total. The minimum Gasteiger partial charge on any atom is -0.166 e. The summed E-state index contributed by atoms with van der Waals surface area (Å²) in [5, 5.41) is 0.625. The highest BCUT2D eigenvalue weighted by Gasteiger charge is 2.30. The summed E-state index contributed by atoms with van der Waals surface area (Å²) in [6, 6.07) is 10.7. The fourth-order valence-corrected chi connectivity index (χ4v) is 3.94. The van der Waals surface area contributed by atoms with Gasteiger partial charge in [-0.25, -0.2) is 0 Å². The predicted molar refractivity (Wildman–Crippen MR) is 86.0 cm³/mol. The van der Waals surface area contributed by atoms with Crippen molar-refractivity contribution >= 4 is 43.5 Å². The van der Waals surface area contributed by atoms with Gasteiger partial charge in [-0.2, -0.15) is 13.2 Å². The van der Waals surface area contributed by atoms with Crippen LogP contribution in [-0.4, -0.2) is 0 Å². The molecule has 0 saturated carbocycles. The number of rotatable bonds is 3. The lowest BCUT2D eigenvalue weighted by atomic mass is 10.0. The molecule has 0 saturated heterocycles. The summed E-state index contributed by atoms with van der Waals surface area (Å²) in [5.41, 5.74) is 1.19. The monoisotopic (exact) mass is 440 g/mol. The summed E-state index contributed by atoms with van der Waals surface area (Å²) in [6.07, 6.45) is -3.72. The quantitative estimate of drug-likeness (QED) is 0.459. The van der Waals surface area contributed by atoms with Crippen molar-refractivity contribution in [2.75, 3.05) is 0 Å². The maximum absolute atomic E-state index is 12.5. The molecule has 6 heteroatoms. The Balaban J connectivity index is 2.14. The van der Waals surface area contributed by atoms with Crippen LogP contribution in [0.15, 0.2) is 46.9 Å². The number of hydrogen-bond donors (Lipinski definition) is 0. The standard InChI is InChI=1S/C15H10Br2ClF3/c16-13(12-6-5-11(18)8-14(12)17)7-9-1-3-10(4-2-9)15(19,20)21/h1-6,8,13H,7H2. The maximum atomic E-state index is 12.5. The molecular weight excluding hydrogens is 432 g/mol. The van der Waals surface area contributed by atoms with E-state index in [-0.39, 0.29) is 4.83 Å². The van der Waals surface area contributed by atoms with Crippen molar-refractivity contribution in [1.29, 1.82) is 0 Å². The highest BCUT2D eigenvalue weighted by Crippen LogP contribution is 2.35. The van der Waals surface area contributed by atoms with Crippen molar-refractivity contribution < 1.29 is 13.2 Å². The first kappa shape index (κ1) is 16.8. The second-order valence-electron chi connectivity index (χ2n) is 4.53. The van der Waals surface area contributed by atoms with Crippen LogP contribution in [0.4, 0.5) is 13.2 Å². The molecule has 1 unspecified atom stereocenters. The van der Waals surface area contributed by atoms with E-state index in [0.717, 1.165) is 27.7 Å². The largest absolute Gasteiger partial charge is 0.416 e. The zero-order valence-corrected chi connectivity index (χ0v) is 14.5. The second kappa shape index (κ2) is 6.71. The summed E-state index contributed by atoms with van der Waals surface area (Å²) in [6.45, 7) is 0. The first-order valence-corrected chi connectivity index (χ1v) is 8.11. The van der Waals surface area contributed by atoms with Crippen molar-refractivity contribution in [2.24, 2.45) is 0 Å². The van der Waals surface area contributed by atoms with Gasteiger partial charge in [-0.1, -0.05) is 61.7 Å². The Kier molecular flexibility index (Phi) is 5.38. The molecule has 1 atom stereocenters. The topological polar surface area (TPSA) is 0 Å². The Morgan fingerprint density at radius 1 is 1.05 bits per heavy atom. The lowest BCUT2D eigenvalue weighted by Crippen LogP contribution is -2.05. The van der Waals surface area contributed by atoms with Gasteiger partial charge in [0.15, 0.2) is 0 Å². The van der Waals surface area contributed by atoms with E-state index in [0.29, 0.717) is 11.4 Å². The molecule has 0 nitrogen and oxygen atoms in total. The van der Waals surface area contributed by atoms with Crippen LogP contribution in [0.1, 0.15) is 21.5 Å². The normalized spacial score (nSPS) is 13.2. The van der Waals surface area contributed by atoms with Crippen molar-refractivity contribution in [2.45, 2.75) is 17.4 Å². The zero-order chi connectivity index (χ0) is 15.6. The first-order chi connectivity index (χ1) is 9.77. The summed E-state index contributed by atoms with van der Waals surface area (Å²) in [5.74, 6) is 0. The van der Waals surface area contributed by atoms with Crippen molar-refractivity contribution in [3.05, 3.63) is 68.7 Å². The SMILES string of the molecule is FC(F)(F)c1ccc(CC(Br)c2ccc(Cl)cc2Br)cc1. The van der Waals surface area contributed by atoms with Gasteiger partial charge in [0, 0.05) is 14.3 Å². The van der Waals surface area contributed by atoms with E-state index in [1.165, 1.54) is 12.1 Å². The van der Waals surface area contributed by atoms with Gasteiger partial charge >= 0.3 is 6.18 Å². The molecule has 0 spiro atoms. The molecule has 0 bridgehead atoms. The molecule has 0 fully saturated rings. The highest BCUT2D eigenvalue weighted by atomic mass is 79.9. The lowest BCUT2D eigenvalue weighted by Gasteiger charge is -2.13. The van der Waals surface area contributed by atoms with Gasteiger partial charge in [0.2, 0.25) is 0 Å². The van der Waals surface area contributed by atoms with E-state index in [9.17, 15) is 13.2 Å². The van der Waals surface area contributed by atoms with Gasteiger partial charge in [0.05, 0.1) is 5.56 Å². The molecule has 0 heterocycles. The summed E-state index contributed by atoms with van der Waals surface area (Å²) in [7, 11) is 0. The van der Waals surface area contributed by atoms with Gasteiger partial charge < -0.3 is 0 Å². The Hall–Kier alpha value is -0.520. The molecule has 0 aliphatic heterocycles. The molecule has 2 rings (SSSR count). The van der Waals surface area contributed by atoms with Gasteiger partial charge in [-0.3, -0.25) is 0 Å². The Morgan fingerprint density at radius 3 is 2.19 bits per heavy atom. The predicted octanol–water partition coefficient (Wildman–Crippen LogP) is 6.80. The van der Waals surface area contributed by atoms with Crippen LogP contribution in [-0.2, 0) is 12.6 Å². The summed E-state index contributed by atoms with van der Waals surface area (Å²) in [4.78, 5) is -0.0131. The Labute approximate surface area is 142 Å². The fraction of sp³-hybridized carbons (Fsp3) is 0.200. The van der Waals surface area contributed by atoms with Crippen LogP contribution in [0.5, 0.6) is 0 Å². The molecule has 0 amide bonds. The number of benzene rings is 2. The average Bonchev–Trinajstić information content (AvgIpc) is 2.38. The van der Waals surface area contributed by atoms with Crippen LogP contribution >= 0.6 is 43.5 Å². The fourth-order valence-electron chi connectivity index (χ4n) is 1.90. The number of halogens is 6. The summed E-state index contributed by atoms with van der Waals surface area (Å²) < 4.78 is 38.4. The maximum Gasteiger partial charge on any atom is 0.416 e. The molecule has 2 aromatic carbocycles. The van der Waals surface area contributed by atoms with E-state index in [2.05, 4.69) is 31.9 Å². The Morgan fingerprint density at radius 2 is 1.67 bits per heavy atom. The first-order valence-electron chi connectivity index (χ1n) is 6.02.